The largest absolute Gasteiger partial charge is 0.505 e. The summed E-state index contributed by atoms with van der Waals surface area (Å²) in [5, 5.41) is 9.63. The third kappa shape index (κ3) is 4.94. The molecule has 3 nitrogen and oxygen atoms in total. The second kappa shape index (κ2) is 8.34. The topological polar surface area (TPSA) is 49.3 Å². The Morgan fingerprint density at radius 2 is 2.18 bits per heavy atom. The molecule has 0 saturated heterocycles. The Kier molecular flexibility index (Phi) is 7.96. The van der Waals surface area contributed by atoms with Crippen molar-refractivity contribution in [3.8, 4) is 5.75 Å². The van der Waals surface area contributed by atoms with Gasteiger partial charge in [0.15, 0.2) is 5.75 Å². The standard InChI is InChI=1S/C9H9BClNO2S.C2H6/c1-2-3-12-15(14)8-5-6(10)4-7(11)9(8)13;1-2/h2,4-5,12-13H,1,3H2;1-2H3. The second-order valence-electron chi connectivity index (χ2n) is 2.76. The van der Waals surface area contributed by atoms with Gasteiger partial charge >= 0.3 is 0 Å². The third-order valence-corrected chi connectivity index (χ3v) is 3.04. The normalized spacial score (nSPS) is 11.2. The van der Waals surface area contributed by atoms with E-state index in [4.69, 9.17) is 19.4 Å². The minimum absolute atomic E-state index is 0.0822. The number of rotatable bonds is 4. The lowest BCUT2D eigenvalue weighted by molar-refractivity contribution is 0.461. The van der Waals surface area contributed by atoms with Crippen molar-refractivity contribution >= 4 is 35.9 Å². The van der Waals surface area contributed by atoms with Gasteiger partial charge in [-0.2, -0.15) is 0 Å². The van der Waals surface area contributed by atoms with Gasteiger partial charge in [0.25, 0.3) is 0 Å². The van der Waals surface area contributed by atoms with Crippen molar-refractivity contribution < 1.29 is 9.32 Å². The van der Waals surface area contributed by atoms with Gasteiger partial charge in [-0.3, -0.25) is 0 Å². The molecule has 0 spiro atoms. The molecule has 0 amide bonds. The van der Waals surface area contributed by atoms with Crippen LogP contribution in [0.1, 0.15) is 13.8 Å². The van der Waals surface area contributed by atoms with Crippen LogP contribution in [-0.2, 0) is 11.0 Å². The van der Waals surface area contributed by atoms with Crippen molar-refractivity contribution in [2.75, 3.05) is 6.54 Å². The number of hydrogen-bond donors (Lipinski definition) is 2. The first kappa shape index (κ1) is 16.2. The fourth-order valence-corrected chi connectivity index (χ4v) is 2.18. The van der Waals surface area contributed by atoms with Crippen LogP contribution in [0.2, 0.25) is 5.02 Å². The summed E-state index contributed by atoms with van der Waals surface area (Å²) in [6.07, 6.45) is 1.56. The van der Waals surface area contributed by atoms with Crippen LogP contribution in [0.4, 0.5) is 0 Å². The van der Waals surface area contributed by atoms with E-state index in [2.05, 4.69) is 11.3 Å². The Bertz CT molecular complexity index is 413. The van der Waals surface area contributed by atoms with E-state index in [1.54, 1.807) is 6.08 Å². The lowest BCUT2D eigenvalue weighted by Crippen LogP contribution is -2.18. The molecule has 0 saturated carbocycles. The van der Waals surface area contributed by atoms with Crippen molar-refractivity contribution in [3.63, 3.8) is 0 Å². The van der Waals surface area contributed by atoms with Crippen LogP contribution in [0.5, 0.6) is 5.75 Å². The molecule has 0 heterocycles. The Morgan fingerprint density at radius 3 is 2.71 bits per heavy atom. The third-order valence-electron chi connectivity index (χ3n) is 1.61. The highest BCUT2D eigenvalue weighted by atomic mass is 35.5. The molecule has 1 atom stereocenters. The van der Waals surface area contributed by atoms with Crippen molar-refractivity contribution in [1.82, 2.24) is 4.72 Å². The summed E-state index contributed by atoms with van der Waals surface area (Å²) in [6, 6.07) is 2.80. The summed E-state index contributed by atoms with van der Waals surface area (Å²) in [7, 11) is 3.97. The van der Waals surface area contributed by atoms with E-state index in [9.17, 15) is 9.32 Å². The number of aromatic hydroxyl groups is 1. The van der Waals surface area contributed by atoms with Crippen LogP contribution in [-0.4, -0.2) is 23.7 Å². The van der Waals surface area contributed by atoms with Crippen molar-refractivity contribution in [2.45, 2.75) is 18.7 Å². The first-order valence-corrected chi connectivity index (χ1v) is 6.63. The highest BCUT2D eigenvalue weighted by molar-refractivity contribution is 7.83. The zero-order valence-corrected chi connectivity index (χ0v) is 11.4. The maximum absolute atomic E-state index is 11.6. The Morgan fingerprint density at radius 1 is 1.59 bits per heavy atom. The van der Waals surface area contributed by atoms with E-state index in [1.165, 1.54) is 12.1 Å². The van der Waals surface area contributed by atoms with Gasteiger partial charge in [-0.25, -0.2) is 8.93 Å². The number of benzene rings is 1. The molecule has 1 unspecified atom stereocenters. The van der Waals surface area contributed by atoms with Gasteiger partial charge in [0.05, 0.1) is 9.92 Å². The Labute approximate surface area is 111 Å². The summed E-state index contributed by atoms with van der Waals surface area (Å²) in [6.45, 7) is 7.83. The fraction of sp³-hybridized carbons (Fsp3) is 0.273. The van der Waals surface area contributed by atoms with Crippen LogP contribution in [0.3, 0.4) is 0 Å². The van der Waals surface area contributed by atoms with E-state index in [1.807, 2.05) is 13.8 Å². The molecule has 0 bridgehead atoms. The summed E-state index contributed by atoms with van der Waals surface area (Å²) in [5.41, 5.74) is 0.349. The molecule has 1 aromatic rings. The number of phenolic OH excluding ortho intramolecular Hbond substituents is 1. The molecule has 0 aromatic heterocycles. The molecule has 0 aliphatic rings. The Hall–Kier alpha value is -0.775. The van der Waals surface area contributed by atoms with E-state index < -0.39 is 11.0 Å². The quantitative estimate of drug-likeness (QED) is 0.646. The van der Waals surface area contributed by atoms with Gasteiger partial charge in [-0.1, -0.05) is 37.0 Å². The summed E-state index contributed by atoms with van der Waals surface area (Å²) < 4.78 is 14.2. The van der Waals surface area contributed by atoms with Gasteiger partial charge in [0.1, 0.15) is 18.8 Å². The predicted molar refractivity (Wildman–Crippen MR) is 74.5 cm³/mol. The van der Waals surface area contributed by atoms with E-state index in [0.29, 0.717) is 12.0 Å². The highest BCUT2D eigenvalue weighted by Gasteiger charge is 2.12. The molecule has 2 N–H and O–H groups in total. The highest BCUT2D eigenvalue weighted by Crippen LogP contribution is 2.27. The average Bonchev–Trinajstić information content (AvgIpc) is 2.33. The van der Waals surface area contributed by atoms with E-state index >= 15 is 0 Å². The van der Waals surface area contributed by atoms with E-state index in [0.717, 1.165) is 0 Å². The molecule has 2 radical (unpaired) electrons. The molecule has 92 valence electrons. The second-order valence-corrected chi connectivity index (χ2v) is 4.43. The average molecular weight is 272 g/mol. The lowest BCUT2D eigenvalue weighted by atomic mass is 9.96. The van der Waals surface area contributed by atoms with Crippen molar-refractivity contribution in [1.29, 1.82) is 0 Å². The number of nitrogens with one attached hydrogen (secondary N) is 1. The monoisotopic (exact) mass is 271 g/mol. The number of hydrogen-bond acceptors (Lipinski definition) is 2. The zero-order valence-electron chi connectivity index (χ0n) is 9.87. The van der Waals surface area contributed by atoms with Gasteiger partial charge in [-0.15, -0.1) is 6.58 Å². The van der Waals surface area contributed by atoms with E-state index in [-0.39, 0.29) is 15.7 Å². The van der Waals surface area contributed by atoms with Crippen LogP contribution in [0.15, 0.2) is 29.7 Å². The van der Waals surface area contributed by atoms with Gasteiger partial charge in [0, 0.05) is 6.54 Å². The molecule has 6 heteroatoms. The van der Waals surface area contributed by atoms with Crippen LogP contribution in [0.25, 0.3) is 0 Å². The Balaban J connectivity index is 0.00000121. The zero-order chi connectivity index (χ0) is 13.4. The SMILES string of the molecule is CC.[B]c1cc(Cl)c(O)c(S(=O)NCC=C)c1. The van der Waals surface area contributed by atoms with Gasteiger partial charge in [-0.05, 0) is 12.1 Å². The molecule has 17 heavy (non-hydrogen) atoms. The first-order chi connectivity index (χ1) is 8.06. The van der Waals surface area contributed by atoms with Crippen LogP contribution < -0.4 is 10.2 Å². The number of phenols is 1. The summed E-state index contributed by atoms with van der Waals surface area (Å²) >= 11 is 5.68. The fourth-order valence-electron chi connectivity index (χ4n) is 0.947. The minimum atomic E-state index is -1.55. The van der Waals surface area contributed by atoms with Gasteiger partial charge < -0.3 is 5.11 Å². The van der Waals surface area contributed by atoms with Crippen LogP contribution in [0, 0.1) is 0 Å². The molecule has 0 aliphatic heterocycles. The smallest absolute Gasteiger partial charge is 0.151 e. The lowest BCUT2D eigenvalue weighted by Gasteiger charge is -2.07. The van der Waals surface area contributed by atoms with Crippen LogP contribution >= 0.6 is 11.6 Å². The molecule has 0 aliphatic carbocycles. The summed E-state index contributed by atoms with van der Waals surface area (Å²) in [5.74, 6) is -0.222. The molecular weight excluding hydrogens is 256 g/mol. The minimum Gasteiger partial charge on any atom is -0.505 e. The molecular formula is C11H15BClNO2S. The van der Waals surface area contributed by atoms with Crippen molar-refractivity contribution in [2.24, 2.45) is 0 Å². The molecule has 0 fully saturated rings. The maximum Gasteiger partial charge on any atom is 0.151 e. The predicted octanol–water partition coefficient (Wildman–Crippen LogP) is 1.66. The van der Waals surface area contributed by atoms with Gasteiger partial charge in [0.2, 0.25) is 0 Å². The summed E-state index contributed by atoms with van der Waals surface area (Å²) in [4.78, 5) is 0.168. The number of halogens is 1. The first-order valence-electron chi connectivity index (χ1n) is 5.10. The molecule has 1 rings (SSSR count). The maximum atomic E-state index is 11.6. The van der Waals surface area contributed by atoms with Crippen molar-refractivity contribution in [3.05, 3.63) is 29.8 Å². The molecule has 1 aromatic carbocycles.